The van der Waals surface area contributed by atoms with Crippen molar-refractivity contribution in [2.75, 3.05) is 0 Å². The van der Waals surface area contributed by atoms with Gasteiger partial charge in [0.05, 0.1) is 12.2 Å². The van der Waals surface area contributed by atoms with Gasteiger partial charge in [0.1, 0.15) is 5.82 Å². The fraction of sp³-hybridized carbons (Fsp3) is 0.0714. The molecule has 0 saturated carbocycles. The molecule has 0 atom stereocenters. The summed E-state index contributed by atoms with van der Waals surface area (Å²) in [6.07, 6.45) is 0. The lowest BCUT2D eigenvalue weighted by molar-refractivity contribution is 0.0696. The Morgan fingerprint density at radius 2 is 1.83 bits per heavy atom. The van der Waals surface area contributed by atoms with Gasteiger partial charge in [0.2, 0.25) is 0 Å². The second-order valence-electron chi connectivity index (χ2n) is 3.82. The van der Waals surface area contributed by atoms with E-state index in [2.05, 4.69) is 0 Å². The van der Waals surface area contributed by atoms with Crippen molar-refractivity contribution < 1.29 is 19.4 Å². The summed E-state index contributed by atoms with van der Waals surface area (Å²) in [6.45, 7) is -0.198. The van der Waals surface area contributed by atoms with E-state index in [1.54, 1.807) is 24.3 Å². The highest BCUT2D eigenvalue weighted by atomic mass is 19.1. The largest absolute Gasteiger partial charge is 0.478 e. The number of rotatable bonds is 3. The van der Waals surface area contributed by atoms with E-state index in [0.717, 1.165) is 6.07 Å². The van der Waals surface area contributed by atoms with Gasteiger partial charge in [-0.1, -0.05) is 30.3 Å². The first-order valence-electron chi connectivity index (χ1n) is 5.35. The molecule has 0 bridgehead atoms. The third kappa shape index (κ3) is 2.24. The zero-order valence-electron chi connectivity index (χ0n) is 9.43. The van der Waals surface area contributed by atoms with Gasteiger partial charge in [0, 0.05) is 5.56 Å². The molecule has 2 aromatic rings. The molecule has 2 rings (SSSR count). The zero-order valence-corrected chi connectivity index (χ0v) is 9.43. The van der Waals surface area contributed by atoms with Crippen LogP contribution in [0, 0.1) is 5.82 Å². The van der Waals surface area contributed by atoms with Crippen molar-refractivity contribution in [1.29, 1.82) is 0 Å². The minimum atomic E-state index is -1.17. The number of aliphatic hydroxyl groups is 1. The van der Waals surface area contributed by atoms with Crippen LogP contribution < -0.4 is 0 Å². The van der Waals surface area contributed by atoms with E-state index >= 15 is 0 Å². The molecule has 0 radical (unpaired) electrons. The lowest BCUT2D eigenvalue weighted by Gasteiger charge is -2.09. The van der Waals surface area contributed by atoms with Crippen molar-refractivity contribution in [2.45, 2.75) is 6.61 Å². The maximum Gasteiger partial charge on any atom is 0.335 e. The first-order valence-corrected chi connectivity index (χ1v) is 5.35. The molecule has 0 aliphatic carbocycles. The molecule has 0 fully saturated rings. The minimum absolute atomic E-state index is 0.0993. The van der Waals surface area contributed by atoms with Crippen LogP contribution in [0.15, 0.2) is 42.5 Å². The molecule has 92 valence electrons. The summed E-state index contributed by atoms with van der Waals surface area (Å²) in [5.41, 5.74) is 1.34. The van der Waals surface area contributed by atoms with Crippen LogP contribution in [0.25, 0.3) is 11.1 Å². The number of aliphatic hydroxyl groups excluding tert-OH is 1. The van der Waals surface area contributed by atoms with Gasteiger partial charge >= 0.3 is 5.97 Å². The van der Waals surface area contributed by atoms with Crippen LogP contribution in [-0.2, 0) is 6.61 Å². The molecule has 0 unspecified atom stereocenters. The molecular formula is C14H11FO3. The SMILES string of the molecule is O=C(O)c1ccc(-c2ccccc2CO)c(F)c1. The van der Waals surface area contributed by atoms with E-state index in [1.165, 1.54) is 12.1 Å². The molecule has 0 aliphatic rings. The first kappa shape index (κ1) is 12.3. The number of carbonyl (C=O) groups is 1. The van der Waals surface area contributed by atoms with Gasteiger partial charge < -0.3 is 10.2 Å². The Morgan fingerprint density at radius 1 is 1.11 bits per heavy atom. The molecule has 18 heavy (non-hydrogen) atoms. The number of benzene rings is 2. The normalized spacial score (nSPS) is 10.3. The molecular weight excluding hydrogens is 235 g/mol. The second kappa shape index (κ2) is 4.98. The van der Waals surface area contributed by atoms with Crippen LogP contribution in [0.3, 0.4) is 0 Å². The van der Waals surface area contributed by atoms with E-state index in [9.17, 15) is 14.3 Å². The minimum Gasteiger partial charge on any atom is -0.478 e. The summed E-state index contributed by atoms with van der Waals surface area (Å²) in [7, 11) is 0. The molecule has 0 aromatic heterocycles. The average Bonchev–Trinajstić information content (AvgIpc) is 2.38. The van der Waals surface area contributed by atoms with Crippen LogP contribution >= 0.6 is 0 Å². The number of carboxylic acid groups (broad SMARTS) is 1. The number of aromatic carboxylic acids is 1. The van der Waals surface area contributed by atoms with Crippen LogP contribution in [0.1, 0.15) is 15.9 Å². The zero-order chi connectivity index (χ0) is 13.1. The Morgan fingerprint density at radius 3 is 2.44 bits per heavy atom. The van der Waals surface area contributed by atoms with Crippen LogP contribution in [-0.4, -0.2) is 16.2 Å². The lowest BCUT2D eigenvalue weighted by Crippen LogP contribution is -1.98. The predicted molar refractivity (Wildman–Crippen MR) is 64.7 cm³/mol. The standard InChI is InChI=1S/C14H11FO3/c15-13-7-9(14(17)18)5-6-12(13)11-4-2-1-3-10(11)8-16/h1-7,16H,8H2,(H,17,18). The average molecular weight is 246 g/mol. The van der Waals surface area contributed by atoms with E-state index in [-0.39, 0.29) is 17.7 Å². The topological polar surface area (TPSA) is 57.5 Å². The molecule has 2 aromatic carbocycles. The highest BCUT2D eigenvalue weighted by molar-refractivity contribution is 5.88. The quantitative estimate of drug-likeness (QED) is 0.875. The molecule has 3 nitrogen and oxygen atoms in total. The number of hydrogen-bond donors (Lipinski definition) is 2. The third-order valence-electron chi connectivity index (χ3n) is 2.69. The Labute approximate surface area is 103 Å². The van der Waals surface area contributed by atoms with Crippen LogP contribution in [0.5, 0.6) is 0 Å². The molecule has 0 amide bonds. The Balaban J connectivity index is 2.54. The molecule has 0 spiro atoms. The van der Waals surface area contributed by atoms with Gasteiger partial charge in [-0.25, -0.2) is 9.18 Å². The van der Waals surface area contributed by atoms with Crippen molar-refractivity contribution in [3.63, 3.8) is 0 Å². The molecule has 2 N–H and O–H groups in total. The molecule has 0 aliphatic heterocycles. The van der Waals surface area contributed by atoms with Gasteiger partial charge in [-0.2, -0.15) is 0 Å². The Kier molecular flexibility index (Phi) is 3.39. The van der Waals surface area contributed by atoms with E-state index in [4.69, 9.17) is 5.11 Å². The van der Waals surface area contributed by atoms with Crippen molar-refractivity contribution in [3.05, 3.63) is 59.4 Å². The Hall–Kier alpha value is -2.20. The Bertz CT molecular complexity index is 593. The van der Waals surface area contributed by atoms with Gasteiger partial charge in [0.25, 0.3) is 0 Å². The fourth-order valence-corrected chi connectivity index (χ4v) is 1.79. The molecule has 0 saturated heterocycles. The summed E-state index contributed by atoms with van der Waals surface area (Å²) in [5.74, 6) is -1.79. The number of carboxylic acids is 1. The fourth-order valence-electron chi connectivity index (χ4n) is 1.79. The van der Waals surface area contributed by atoms with Gasteiger partial charge in [-0.3, -0.25) is 0 Å². The monoisotopic (exact) mass is 246 g/mol. The smallest absolute Gasteiger partial charge is 0.335 e. The maximum absolute atomic E-state index is 13.9. The van der Waals surface area contributed by atoms with Crippen molar-refractivity contribution in [1.82, 2.24) is 0 Å². The van der Waals surface area contributed by atoms with Gasteiger partial charge in [-0.15, -0.1) is 0 Å². The van der Waals surface area contributed by atoms with Gasteiger partial charge in [-0.05, 0) is 23.3 Å². The predicted octanol–water partition coefficient (Wildman–Crippen LogP) is 2.68. The van der Waals surface area contributed by atoms with E-state index < -0.39 is 11.8 Å². The summed E-state index contributed by atoms with van der Waals surface area (Å²) in [6, 6.07) is 10.6. The summed E-state index contributed by atoms with van der Waals surface area (Å²) >= 11 is 0. The van der Waals surface area contributed by atoms with Crippen LogP contribution in [0.4, 0.5) is 4.39 Å². The lowest BCUT2D eigenvalue weighted by atomic mass is 9.98. The first-order chi connectivity index (χ1) is 8.63. The van der Waals surface area contributed by atoms with Crippen molar-refractivity contribution in [2.24, 2.45) is 0 Å². The van der Waals surface area contributed by atoms with E-state index in [0.29, 0.717) is 11.1 Å². The molecule has 0 heterocycles. The highest BCUT2D eigenvalue weighted by Gasteiger charge is 2.12. The summed E-state index contributed by atoms with van der Waals surface area (Å²) in [5, 5.41) is 18.0. The van der Waals surface area contributed by atoms with Crippen LogP contribution in [0.2, 0.25) is 0 Å². The highest BCUT2D eigenvalue weighted by Crippen LogP contribution is 2.27. The van der Waals surface area contributed by atoms with Crippen molar-refractivity contribution >= 4 is 5.97 Å². The van der Waals surface area contributed by atoms with Crippen molar-refractivity contribution in [3.8, 4) is 11.1 Å². The molecule has 4 heteroatoms. The van der Waals surface area contributed by atoms with E-state index in [1.807, 2.05) is 0 Å². The number of halogens is 1. The number of hydrogen-bond acceptors (Lipinski definition) is 2. The summed E-state index contributed by atoms with van der Waals surface area (Å²) in [4.78, 5) is 10.7. The third-order valence-corrected chi connectivity index (χ3v) is 2.69. The summed E-state index contributed by atoms with van der Waals surface area (Å²) < 4.78 is 13.9. The maximum atomic E-state index is 13.9. The second-order valence-corrected chi connectivity index (χ2v) is 3.82. The van der Waals surface area contributed by atoms with Gasteiger partial charge in [0.15, 0.2) is 0 Å².